The van der Waals surface area contributed by atoms with Crippen LogP contribution in [0.3, 0.4) is 0 Å². The van der Waals surface area contributed by atoms with Gasteiger partial charge in [0.25, 0.3) is 0 Å². The molecule has 1 saturated carbocycles. The summed E-state index contributed by atoms with van der Waals surface area (Å²) in [7, 11) is 0. The van der Waals surface area contributed by atoms with Crippen LogP contribution >= 0.6 is 23.8 Å². The van der Waals surface area contributed by atoms with E-state index < -0.39 is 5.82 Å². The maximum atomic E-state index is 13.0. The predicted octanol–water partition coefficient (Wildman–Crippen LogP) is 3.78. The molecule has 0 heterocycles. The van der Waals surface area contributed by atoms with Crippen LogP contribution in [0.2, 0.25) is 5.02 Å². The van der Waals surface area contributed by atoms with E-state index in [-0.39, 0.29) is 5.02 Å². The second-order valence-electron chi connectivity index (χ2n) is 4.91. The average Bonchev–Trinajstić information content (AvgIpc) is 2.41. The third-order valence-corrected chi connectivity index (χ3v) is 3.93. The molecule has 2 rings (SSSR count). The highest BCUT2D eigenvalue weighted by molar-refractivity contribution is 7.80. The van der Waals surface area contributed by atoms with Crippen molar-refractivity contribution in [3.63, 3.8) is 0 Å². The van der Waals surface area contributed by atoms with Crippen LogP contribution in [0.4, 0.5) is 4.39 Å². The fourth-order valence-corrected chi connectivity index (χ4v) is 2.76. The third-order valence-electron chi connectivity index (χ3n) is 3.38. The summed E-state index contributed by atoms with van der Waals surface area (Å²) >= 11 is 11.0. The summed E-state index contributed by atoms with van der Waals surface area (Å²) in [5.74, 6) is -0.395. The quantitative estimate of drug-likeness (QED) is 0.831. The largest absolute Gasteiger partial charge is 0.360 e. The van der Waals surface area contributed by atoms with Gasteiger partial charge in [0.1, 0.15) is 5.82 Å². The highest BCUT2D eigenvalue weighted by atomic mass is 35.5. The minimum atomic E-state index is -0.395. The van der Waals surface area contributed by atoms with Crippen molar-refractivity contribution in [3.8, 4) is 0 Å². The maximum absolute atomic E-state index is 13.0. The van der Waals surface area contributed by atoms with Gasteiger partial charge in [0.15, 0.2) is 5.11 Å². The lowest BCUT2D eigenvalue weighted by molar-refractivity contribution is 0.412. The molecule has 1 aromatic rings. The van der Waals surface area contributed by atoms with Gasteiger partial charge in [-0.2, -0.15) is 0 Å². The van der Waals surface area contributed by atoms with Gasteiger partial charge in [-0.25, -0.2) is 4.39 Å². The first-order valence-corrected chi connectivity index (χ1v) is 7.42. The van der Waals surface area contributed by atoms with Gasteiger partial charge in [-0.1, -0.05) is 36.9 Å². The normalized spacial score (nSPS) is 16.1. The summed E-state index contributed by atoms with van der Waals surface area (Å²) in [5, 5.41) is 7.26. The Balaban J connectivity index is 1.77. The summed E-state index contributed by atoms with van der Waals surface area (Å²) in [4.78, 5) is 0. The summed E-state index contributed by atoms with van der Waals surface area (Å²) in [5.41, 5.74) is 0.916. The molecule has 0 bridgehead atoms. The molecular formula is C14H18ClFN2S. The van der Waals surface area contributed by atoms with Crippen molar-refractivity contribution < 1.29 is 4.39 Å². The molecule has 0 aromatic heterocycles. The zero-order chi connectivity index (χ0) is 13.7. The number of benzene rings is 1. The van der Waals surface area contributed by atoms with E-state index in [1.807, 2.05) is 0 Å². The molecule has 104 valence electrons. The van der Waals surface area contributed by atoms with Crippen molar-refractivity contribution in [1.82, 2.24) is 10.6 Å². The van der Waals surface area contributed by atoms with Crippen molar-refractivity contribution in [2.75, 3.05) is 0 Å². The van der Waals surface area contributed by atoms with Crippen molar-refractivity contribution in [2.24, 2.45) is 0 Å². The van der Waals surface area contributed by atoms with Crippen LogP contribution < -0.4 is 10.6 Å². The highest BCUT2D eigenvalue weighted by Gasteiger charge is 2.13. The summed E-state index contributed by atoms with van der Waals surface area (Å²) < 4.78 is 13.0. The number of nitrogens with one attached hydrogen (secondary N) is 2. The van der Waals surface area contributed by atoms with E-state index in [0.717, 1.165) is 5.56 Å². The lowest BCUT2D eigenvalue weighted by Crippen LogP contribution is -2.42. The molecule has 0 saturated heterocycles. The standard InChI is InChI=1S/C14H18ClFN2S/c15-12-8-10(6-7-13(12)16)9-17-14(19)18-11-4-2-1-3-5-11/h6-8,11H,1-5,9H2,(H2,17,18,19). The third kappa shape index (κ3) is 4.62. The minimum Gasteiger partial charge on any atom is -0.360 e. The molecule has 2 nitrogen and oxygen atoms in total. The van der Waals surface area contributed by atoms with Gasteiger partial charge in [0.2, 0.25) is 0 Å². The molecule has 0 atom stereocenters. The summed E-state index contributed by atoms with van der Waals surface area (Å²) in [6, 6.07) is 5.19. The van der Waals surface area contributed by atoms with Crippen molar-refractivity contribution in [3.05, 3.63) is 34.6 Å². The Morgan fingerprint density at radius 3 is 2.74 bits per heavy atom. The first kappa shape index (κ1) is 14.5. The molecule has 1 fully saturated rings. The maximum Gasteiger partial charge on any atom is 0.166 e. The predicted molar refractivity (Wildman–Crippen MR) is 80.9 cm³/mol. The van der Waals surface area contributed by atoms with E-state index >= 15 is 0 Å². The van der Waals surface area contributed by atoms with Gasteiger partial charge >= 0.3 is 0 Å². The second kappa shape index (κ2) is 7.06. The first-order chi connectivity index (χ1) is 9.15. The van der Waals surface area contributed by atoms with Gasteiger partial charge < -0.3 is 10.6 Å². The zero-order valence-electron chi connectivity index (χ0n) is 10.7. The Kier molecular flexibility index (Phi) is 5.40. The molecule has 1 aliphatic carbocycles. The Hall–Kier alpha value is -0.870. The van der Waals surface area contributed by atoms with Crippen molar-refractivity contribution >= 4 is 28.9 Å². The van der Waals surface area contributed by atoms with E-state index in [9.17, 15) is 4.39 Å². The van der Waals surface area contributed by atoms with E-state index in [0.29, 0.717) is 17.7 Å². The lowest BCUT2D eigenvalue weighted by Gasteiger charge is -2.24. The van der Waals surface area contributed by atoms with Crippen molar-refractivity contribution in [2.45, 2.75) is 44.7 Å². The summed E-state index contributed by atoms with van der Waals surface area (Å²) in [6.45, 7) is 0.554. The lowest BCUT2D eigenvalue weighted by atomic mass is 9.96. The fourth-order valence-electron chi connectivity index (χ4n) is 2.32. The first-order valence-electron chi connectivity index (χ1n) is 6.63. The smallest absolute Gasteiger partial charge is 0.166 e. The van der Waals surface area contributed by atoms with E-state index in [4.69, 9.17) is 23.8 Å². The second-order valence-corrected chi connectivity index (χ2v) is 5.73. The summed E-state index contributed by atoms with van der Waals surface area (Å²) in [6.07, 6.45) is 6.24. The number of hydrogen-bond donors (Lipinski definition) is 2. The van der Waals surface area contributed by atoms with E-state index in [1.54, 1.807) is 12.1 Å². The zero-order valence-corrected chi connectivity index (χ0v) is 12.3. The van der Waals surface area contributed by atoms with Crippen LogP contribution in [0.25, 0.3) is 0 Å². The average molecular weight is 301 g/mol. The Bertz CT molecular complexity index is 447. The molecule has 1 aliphatic rings. The number of thiocarbonyl (C=S) groups is 1. The van der Waals surface area contributed by atoms with Crippen LogP contribution in [0.5, 0.6) is 0 Å². The van der Waals surface area contributed by atoms with Crippen molar-refractivity contribution in [1.29, 1.82) is 0 Å². The van der Waals surface area contributed by atoms with E-state index in [2.05, 4.69) is 10.6 Å². The monoisotopic (exact) mass is 300 g/mol. The molecule has 5 heteroatoms. The number of rotatable bonds is 3. The molecule has 1 aromatic carbocycles. The molecule has 2 N–H and O–H groups in total. The molecule has 0 spiro atoms. The topological polar surface area (TPSA) is 24.1 Å². The molecule has 19 heavy (non-hydrogen) atoms. The Labute approximate surface area is 123 Å². The van der Waals surface area contributed by atoms with Crippen LogP contribution in [0.15, 0.2) is 18.2 Å². The highest BCUT2D eigenvalue weighted by Crippen LogP contribution is 2.17. The van der Waals surface area contributed by atoms with Crippen LogP contribution in [0.1, 0.15) is 37.7 Å². The SMILES string of the molecule is Fc1ccc(CNC(=S)NC2CCCCC2)cc1Cl. The van der Waals surface area contributed by atoms with Gasteiger partial charge in [0.05, 0.1) is 5.02 Å². The van der Waals surface area contributed by atoms with Gasteiger partial charge in [-0.3, -0.25) is 0 Å². The minimum absolute atomic E-state index is 0.144. The van der Waals surface area contributed by atoms with Gasteiger partial charge in [-0.15, -0.1) is 0 Å². The van der Waals surface area contributed by atoms with Crippen LogP contribution in [-0.4, -0.2) is 11.2 Å². The molecule has 0 unspecified atom stereocenters. The Morgan fingerprint density at radius 2 is 2.05 bits per heavy atom. The molecule has 0 aliphatic heterocycles. The van der Waals surface area contributed by atoms with E-state index in [1.165, 1.54) is 38.2 Å². The number of halogens is 2. The van der Waals surface area contributed by atoms with Gasteiger partial charge in [0, 0.05) is 12.6 Å². The molecule has 0 amide bonds. The van der Waals surface area contributed by atoms with Crippen LogP contribution in [0, 0.1) is 5.82 Å². The van der Waals surface area contributed by atoms with Crippen LogP contribution in [-0.2, 0) is 6.54 Å². The van der Waals surface area contributed by atoms with Gasteiger partial charge in [-0.05, 0) is 42.8 Å². The molecule has 0 radical (unpaired) electrons. The Morgan fingerprint density at radius 1 is 1.32 bits per heavy atom. The fraction of sp³-hybridized carbons (Fsp3) is 0.500. The number of hydrogen-bond acceptors (Lipinski definition) is 1. The molecular weight excluding hydrogens is 283 g/mol.